The van der Waals surface area contributed by atoms with Gasteiger partial charge >= 0.3 is 0 Å². The number of amides is 1. The standard InChI is InChI=1S/C22H25N3O2S/c1-4-27-18-9-7-17(8-10-18)20-6-5-13-24(20)21(26)12-11-19-16(3)23-22-25(19)14-15(2)28-22/h7-12,14,20H,4-6,13H2,1-3H3/b12-11+. The van der Waals surface area contributed by atoms with Gasteiger partial charge in [-0.15, -0.1) is 11.3 Å². The monoisotopic (exact) mass is 395 g/mol. The summed E-state index contributed by atoms with van der Waals surface area (Å²) in [5.74, 6) is 0.922. The van der Waals surface area contributed by atoms with E-state index in [0.717, 1.165) is 41.5 Å². The predicted octanol–water partition coefficient (Wildman–Crippen LogP) is 4.79. The van der Waals surface area contributed by atoms with Crippen LogP contribution in [0.15, 0.2) is 36.5 Å². The molecule has 146 valence electrons. The third-order valence-corrected chi connectivity index (χ3v) is 6.06. The fourth-order valence-corrected chi connectivity index (χ4v) is 4.74. The smallest absolute Gasteiger partial charge is 0.247 e. The quantitative estimate of drug-likeness (QED) is 0.584. The topological polar surface area (TPSA) is 46.8 Å². The molecule has 1 fully saturated rings. The van der Waals surface area contributed by atoms with Gasteiger partial charge in [-0.05, 0) is 57.4 Å². The third-order valence-electron chi connectivity index (χ3n) is 5.16. The highest BCUT2D eigenvalue weighted by Crippen LogP contribution is 2.33. The molecule has 2 aromatic heterocycles. The van der Waals surface area contributed by atoms with Crippen molar-refractivity contribution in [1.29, 1.82) is 0 Å². The van der Waals surface area contributed by atoms with Gasteiger partial charge in [0.15, 0.2) is 4.96 Å². The number of carbonyl (C=O) groups is 1. The van der Waals surface area contributed by atoms with Crippen molar-refractivity contribution >= 4 is 28.3 Å². The van der Waals surface area contributed by atoms with Gasteiger partial charge < -0.3 is 9.64 Å². The molecule has 0 radical (unpaired) electrons. The minimum Gasteiger partial charge on any atom is -0.494 e. The van der Waals surface area contributed by atoms with Crippen LogP contribution in [0.4, 0.5) is 0 Å². The fraction of sp³-hybridized carbons (Fsp3) is 0.364. The largest absolute Gasteiger partial charge is 0.494 e. The van der Waals surface area contributed by atoms with Crippen molar-refractivity contribution in [2.75, 3.05) is 13.2 Å². The number of nitrogens with zero attached hydrogens (tertiary/aromatic N) is 3. The summed E-state index contributed by atoms with van der Waals surface area (Å²) in [6.45, 7) is 7.48. The van der Waals surface area contributed by atoms with Crippen molar-refractivity contribution in [2.24, 2.45) is 0 Å². The molecule has 5 nitrogen and oxygen atoms in total. The van der Waals surface area contributed by atoms with E-state index < -0.39 is 0 Å². The van der Waals surface area contributed by atoms with E-state index in [1.165, 1.54) is 10.4 Å². The SMILES string of the molecule is CCOc1ccc(C2CCCN2C(=O)/C=C/c2c(C)nc3sc(C)cn23)cc1. The van der Waals surface area contributed by atoms with E-state index in [1.54, 1.807) is 17.4 Å². The lowest BCUT2D eigenvalue weighted by molar-refractivity contribution is -0.126. The van der Waals surface area contributed by atoms with Crippen LogP contribution in [-0.2, 0) is 4.79 Å². The van der Waals surface area contributed by atoms with Gasteiger partial charge in [0.05, 0.1) is 24.0 Å². The molecule has 4 rings (SSSR count). The van der Waals surface area contributed by atoms with Gasteiger partial charge in [0.25, 0.3) is 0 Å². The Kier molecular flexibility index (Phi) is 5.22. The number of likely N-dealkylation sites (tertiary alicyclic amines) is 1. The van der Waals surface area contributed by atoms with Crippen LogP contribution in [0, 0.1) is 13.8 Å². The van der Waals surface area contributed by atoms with Crippen LogP contribution in [0.25, 0.3) is 11.0 Å². The summed E-state index contributed by atoms with van der Waals surface area (Å²) in [6.07, 6.45) is 7.68. The summed E-state index contributed by atoms with van der Waals surface area (Å²) >= 11 is 1.66. The van der Waals surface area contributed by atoms with Crippen LogP contribution in [0.5, 0.6) is 5.75 Å². The fourth-order valence-electron chi connectivity index (χ4n) is 3.86. The first-order valence-electron chi connectivity index (χ1n) is 9.73. The van der Waals surface area contributed by atoms with Crippen LogP contribution in [0.1, 0.15) is 47.6 Å². The molecule has 0 aliphatic carbocycles. The van der Waals surface area contributed by atoms with E-state index in [-0.39, 0.29) is 11.9 Å². The number of thiazole rings is 1. The van der Waals surface area contributed by atoms with E-state index in [9.17, 15) is 4.79 Å². The van der Waals surface area contributed by atoms with Crippen LogP contribution in [-0.4, -0.2) is 33.3 Å². The highest BCUT2D eigenvalue weighted by Gasteiger charge is 2.28. The van der Waals surface area contributed by atoms with Gasteiger partial charge in [0, 0.05) is 23.7 Å². The molecule has 1 aliphatic rings. The van der Waals surface area contributed by atoms with Gasteiger partial charge in [0.1, 0.15) is 5.75 Å². The van der Waals surface area contributed by atoms with Crippen molar-refractivity contribution in [1.82, 2.24) is 14.3 Å². The lowest BCUT2D eigenvalue weighted by atomic mass is 10.0. The van der Waals surface area contributed by atoms with Crippen LogP contribution in [0.2, 0.25) is 0 Å². The molecule has 28 heavy (non-hydrogen) atoms. The molecule has 0 N–H and O–H groups in total. The Labute approximate surface area is 169 Å². The molecule has 1 amide bonds. The maximum atomic E-state index is 12.9. The van der Waals surface area contributed by atoms with E-state index in [4.69, 9.17) is 4.74 Å². The van der Waals surface area contributed by atoms with Gasteiger partial charge in [-0.2, -0.15) is 0 Å². The Bertz CT molecular complexity index is 1020. The molecule has 1 aliphatic heterocycles. The number of hydrogen-bond acceptors (Lipinski definition) is 4. The van der Waals surface area contributed by atoms with Crippen LogP contribution >= 0.6 is 11.3 Å². The van der Waals surface area contributed by atoms with Crippen LogP contribution in [0.3, 0.4) is 0 Å². The number of rotatable bonds is 5. The second kappa shape index (κ2) is 7.80. The summed E-state index contributed by atoms with van der Waals surface area (Å²) < 4.78 is 7.59. The number of benzene rings is 1. The number of ether oxygens (including phenoxy) is 1. The maximum absolute atomic E-state index is 12.9. The molecule has 0 spiro atoms. The van der Waals surface area contributed by atoms with Crippen molar-refractivity contribution in [2.45, 2.75) is 39.7 Å². The Hall–Kier alpha value is -2.60. The summed E-state index contributed by atoms with van der Waals surface area (Å²) in [5, 5.41) is 0. The van der Waals surface area contributed by atoms with Gasteiger partial charge in [-0.3, -0.25) is 9.20 Å². The molecule has 3 aromatic rings. The number of hydrogen-bond donors (Lipinski definition) is 0. The minimum atomic E-state index is 0.0534. The average molecular weight is 396 g/mol. The van der Waals surface area contributed by atoms with Gasteiger partial charge in [-0.1, -0.05) is 12.1 Å². The number of imidazole rings is 1. The molecule has 6 heteroatoms. The number of aryl methyl sites for hydroxylation is 2. The molecule has 1 unspecified atom stereocenters. The molecular weight excluding hydrogens is 370 g/mol. The van der Waals surface area contributed by atoms with E-state index in [0.29, 0.717) is 6.61 Å². The highest BCUT2D eigenvalue weighted by atomic mass is 32.1. The first kappa shape index (κ1) is 18.7. The Morgan fingerprint density at radius 1 is 1.32 bits per heavy atom. The first-order chi connectivity index (χ1) is 13.6. The van der Waals surface area contributed by atoms with Crippen molar-refractivity contribution in [3.8, 4) is 5.75 Å². The molecular formula is C22H25N3O2S. The molecule has 3 heterocycles. The van der Waals surface area contributed by atoms with Crippen LogP contribution < -0.4 is 4.74 Å². The zero-order chi connectivity index (χ0) is 19.7. The summed E-state index contributed by atoms with van der Waals surface area (Å²) in [4.78, 5) is 21.7. The molecule has 1 aromatic carbocycles. The van der Waals surface area contributed by atoms with E-state index in [2.05, 4.69) is 34.6 Å². The molecule has 1 saturated heterocycles. The zero-order valence-corrected chi connectivity index (χ0v) is 17.3. The van der Waals surface area contributed by atoms with E-state index in [1.807, 2.05) is 37.0 Å². The normalized spacial score (nSPS) is 17.1. The molecule has 0 saturated carbocycles. The summed E-state index contributed by atoms with van der Waals surface area (Å²) in [5.41, 5.74) is 3.09. The third kappa shape index (κ3) is 3.56. The summed E-state index contributed by atoms with van der Waals surface area (Å²) in [7, 11) is 0. The number of carbonyl (C=O) groups excluding carboxylic acids is 1. The van der Waals surface area contributed by atoms with E-state index >= 15 is 0 Å². The van der Waals surface area contributed by atoms with Gasteiger partial charge in [0.2, 0.25) is 5.91 Å². The number of aromatic nitrogens is 2. The maximum Gasteiger partial charge on any atom is 0.247 e. The zero-order valence-electron chi connectivity index (χ0n) is 16.5. The lowest BCUT2D eigenvalue weighted by Gasteiger charge is -2.24. The second-order valence-corrected chi connectivity index (χ2v) is 8.32. The lowest BCUT2D eigenvalue weighted by Crippen LogP contribution is -2.28. The molecule has 0 bridgehead atoms. The summed E-state index contributed by atoms with van der Waals surface area (Å²) in [6, 6.07) is 8.25. The van der Waals surface area contributed by atoms with Gasteiger partial charge in [-0.25, -0.2) is 4.98 Å². The van der Waals surface area contributed by atoms with Crippen molar-refractivity contribution in [3.63, 3.8) is 0 Å². The average Bonchev–Trinajstić information content (AvgIpc) is 3.36. The number of fused-ring (bicyclic) bond motifs is 1. The second-order valence-electron chi connectivity index (χ2n) is 7.10. The first-order valence-corrected chi connectivity index (χ1v) is 10.5. The highest BCUT2D eigenvalue weighted by molar-refractivity contribution is 7.17. The predicted molar refractivity (Wildman–Crippen MR) is 113 cm³/mol. The molecule has 1 atom stereocenters. The van der Waals surface area contributed by atoms with Crippen molar-refractivity contribution in [3.05, 3.63) is 58.4 Å². The Balaban J connectivity index is 1.53. The Morgan fingerprint density at radius 2 is 2.11 bits per heavy atom. The minimum absolute atomic E-state index is 0.0534. The Morgan fingerprint density at radius 3 is 2.86 bits per heavy atom. The van der Waals surface area contributed by atoms with Crippen molar-refractivity contribution < 1.29 is 9.53 Å².